The lowest BCUT2D eigenvalue weighted by molar-refractivity contribution is 0.0906. The number of aromatic amines is 1. The average molecular weight is 181 g/mol. The van der Waals surface area contributed by atoms with Gasteiger partial charge in [-0.25, -0.2) is 0 Å². The molecule has 0 aliphatic rings. The fourth-order valence-electron chi connectivity index (χ4n) is 0.845. The van der Waals surface area contributed by atoms with Gasteiger partial charge in [0.1, 0.15) is 5.69 Å². The molecule has 72 valence electrons. The summed E-state index contributed by atoms with van der Waals surface area (Å²) in [5, 5.41) is 9.23. The fourth-order valence-corrected chi connectivity index (χ4v) is 0.845. The number of rotatable bonds is 3. The smallest absolute Gasteiger partial charge is 0.269 e. The molecule has 4 nitrogen and oxygen atoms in total. The molecule has 1 aromatic heterocycles. The van der Waals surface area contributed by atoms with Gasteiger partial charge in [0, 0.05) is 11.7 Å². The first kappa shape index (κ1) is 9.77. The predicted molar refractivity (Wildman–Crippen MR) is 50.4 cm³/mol. The maximum absolute atomic E-state index is 11.5. The third-order valence-electron chi connectivity index (χ3n) is 2.08. The van der Waals surface area contributed by atoms with Crippen LogP contribution in [0.1, 0.15) is 37.7 Å². The van der Waals surface area contributed by atoms with Crippen molar-refractivity contribution in [2.24, 2.45) is 0 Å². The number of hydrogen-bond donors (Lipinski definition) is 2. The van der Waals surface area contributed by atoms with Gasteiger partial charge in [-0.3, -0.25) is 9.89 Å². The summed E-state index contributed by atoms with van der Waals surface area (Å²) in [6, 6.07) is 1.65. The van der Waals surface area contributed by atoms with Crippen molar-refractivity contribution in [2.45, 2.75) is 32.7 Å². The van der Waals surface area contributed by atoms with Crippen LogP contribution in [0, 0.1) is 0 Å². The van der Waals surface area contributed by atoms with Crippen molar-refractivity contribution in [3.05, 3.63) is 18.0 Å². The third kappa shape index (κ3) is 2.57. The monoisotopic (exact) mass is 181 g/mol. The molecule has 1 amide bonds. The summed E-state index contributed by atoms with van der Waals surface area (Å²) in [4.78, 5) is 11.5. The van der Waals surface area contributed by atoms with E-state index in [1.165, 1.54) is 0 Å². The summed E-state index contributed by atoms with van der Waals surface area (Å²) in [5.41, 5.74) is 0.337. The molecule has 0 atom stereocenters. The van der Waals surface area contributed by atoms with E-state index in [4.69, 9.17) is 0 Å². The first-order valence-corrected chi connectivity index (χ1v) is 4.37. The molecule has 13 heavy (non-hydrogen) atoms. The molecule has 0 unspecified atom stereocenters. The zero-order chi connectivity index (χ0) is 9.90. The molecule has 2 N–H and O–H groups in total. The van der Waals surface area contributed by atoms with Crippen LogP contribution in [0.4, 0.5) is 0 Å². The lowest BCUT2D eigenvalue weighted by Gasteiger charge is -2.23. The minimum Gasteiger partial charge on any atom is -0.346 e. The summed E-state index contributed by atoms with van der Waals surface area (Å²) in [7, 11) is 0. The van der Waals surface area contributed by atoms with E-state index in [1.807, 2.05) is 20.8 Å². The van der Waals surface area contributed by atoms with E-state index in [1.54, 1.807) is 12.3 Å². The van der Waals surface area contributed by atoms with E-state index in [2.05, 4.69) is 15.5 Å². The highest BCUT2D eigenvalue weighted by atomic mass is 16.2. The van der Waals surface area contributed by atoms with Gasteiger partial charge in [-0.15, -0.1) is 0 Å². The zero-order valence-corrected chi connectivity index (χ0v) is 8.22. The molecule has 1 rings (SSSR count). The molecule has 0 saturated carbocycles. The first-order valence-electron chi connectivity index (χ1n) is 4.37. The van der Waals surface area contributed by atoms with Gasteiger partial charge in [0.2, 0.25) is 0 Å². The van der Waals surface area contributed by atoms with Gasteiger partial charge in [0.15, 0.2) is 0 Å². The Hall–Kier alpha value is -1.32. The summed E-state index contributed by atoms with van der Waals surface area (Å²) in [5.74, 6) is -0.107. The normalized spacial score (nSPS) is 11.3. The Morgan fingerprint density at radius 2 is 2.38 bits per heavy atom. The Labute approximate surface area is 77.7 Å². The highest BCUT2D eigenvalue weighted by Crippen LogP contribution is 2.07. The molecule has 0 aliphatic heterocycles. The molecule has 0 bridgehead atoms. The minimum atomic E-state index is -0.164. The second-order valence-corrected chi connectivity index (χ2v) is 3.66. The van der Waals surface area contributed by atoms with Crippen LogP contribution in [0.5, 0.6) is 0 Å². The van der Waals surface area contributed by atoms with Crippen LogP contribution in [-0.2, 0) is 0 Å². The van der Waals surface area contributed by atoms with Crippen LogP contribution in [0.2, 0.25) is 0 Å². The molecular formula is C9H15N3O. The molecule has 0 saturated heterocycles. The molecule has 4 heteroatoms. The molecule has 1 aromatic rings. The Balaban J connectivity index is 2.61. The highest BCUT2D eigenvalue weighted by molar-refractivity contribution is 5.92. The van der Waals surface area contributed by atoms with Gasteiger partial charge < -0.3 is 5.32 Å². The predicted octanol–water partition coefficient (Wildman–Crippen LogP) is 1.33. The quantitative estimate of drug-likeness (QED) is 0.739. The van der Waals surface area contributed by atoms with Crippen molar-refractivity contribution < 1.29 is 4.79 Å². The number of amides is 1. The topological polar surface area (TPSA) is 57.8 Å². The van der Waals surface area contributed by atoms with Crippen LogP contribution < -0.4 is 5.32 Å². The Bertz CT molecular complexity index is 277. The number of carbonyl (C=O) groups is 1. The van der Waals surface area contributed by atoms with Crippen molar-refractivity contribution in [3.63, 3.8) is 0 Å². The molecule has 0 spiro atoms. The van der Waals surface area contributed by atoms with E-state index in [0.29, 0.717) is 5.69 Å². The lowest BCUT2D eigenvalue weighted by atomic mass is 10.0. The van der Waals surface area contributed by atoms with Crippen LogP contribution in [-0.4, -0.2) is 21.6 Å². The van der Waals surface area contributed by atoms with Crippen LogP contribution in [0.15, 0.2) is 12.3 Å². The standard InChI is InChI=1S/C9H15N3O/c1-4-9(2,3)11-8(13)7-5-6-10-12-7/h5-6H,4H2,1-3H3,(H,10,12)(H,11,13). The third-order valence-corrected chi connectivity index (χ3v) is 2.08. The van der Waals surface area contributed by atoms with Gasteiger partial charge in [-0.05, 0) is 26.3 Å². The van der Waals surface area contributed by atoms with Crippen molar-refractivity contribution in [2.75, 3.05) is 0 Å². The minimum absolute atomic E-state index is 0.107. The van der Waals surface area contributed by atoms with Gasteiger partial charge in [-0.2, -0.15) is 5.10 Å². The summed E-state index contributed by atoms with van der Waals surface area (Å²) >= 11 is 0. The number of carbonyl (C=O) groups excluding carboxylic acids is 1. The first-order chi connectivity index (χ1) is 6.05. The summed E-state index contributed by atoms with van der Waals surface area (Å²) in [6.45, 7) is 6.01. The number of hydrogen-bond acceptors (Lipinski definition) is 2. The molecule has 0 radical (unpaired) electrons. The number of nitrogens with one attached hydrogen (secondary N) is 2. The second kappa shape index (κ2) is 3.60. The van der Waals surface area contributed by atoms with Crippen LogP contribution in [0.3, 0.4) is 0 Å². The maximum Gasteiger partial charge on any atom is 0.269 e. The van der Waals surface area contributed by atoms with E-state index in [9.17, 15) is 4.79 Å². The second-order valence-electron chi connectivity index (χ2n) is 3.66. The van der Waals surface area contributed by atoms with E-state index >= 15 is 0 Å². The lowest BCUT2D eigenvalue weighted by Crippen LogP contribution is -2.42. The molecule has 1 heterocycles. The maximum atomic E-state index is 11.5. The van der Waals surface area contributed by atoms with E-state index in [-0.39, 0.29) is 11.4 Å². The van der Waals surface area contributed by atoms with Gasteiger partial charge in [0.25, 0.3) is 5.91 Å². The van der Waals surface area contributed by atoms with Crippen molar-refractivity contribution in [1.82, 2.24) is 15.5 Å². The zero-order valence-electron chi connectivity index (χ0n) is 8.22. The van der Waals surface area contributed by atoms with E-state index in [0.717, 1.165) is 6.42 Å². The largest absolute Gasteiger partial charge is 0.346 e. The number of aromatic nitrogens is 2. The molecule has 0 aliphatic carbocycles. The Kier molecular flexibility index (Phi) is 2.70. The van der Waals surface area contributed by atoms with Gasteiger partial charge in [-0.1, -0.05) is 6.92 Å². The van der Waals surface area contributed by atoms with Crippen molar-refractivity contribution in [3.8, 4) is 0 Å². The highest BCUT2D eigenvalue weighted by Gasteiger charge is 2.19. The molecule has 0 aromatic carbocycles. The van der Waals surface area contributed by atoms with E-state index < -0.39 is 0 Å². The SMILES string of the molecule is CCC(C)(C)NC(=O)c1ccn[nH]1. The van der Waals surface area contributed by atoms with Crippen LogP contribution in [0.25, 0.3) is 0 Å². The van der Waals surface area contributed by atoms with Gasteiger partial charge in [0.05, 0.1) is 0 Å². The average Bonchev–Trinajstić information content (AvgIpc) is 2.55. The van der Waals surface area contributed by atoms with Crippen molar-refractivity contribution in [1.29, 1.82) is 0 Å². The molecular weight excluding hydrogens is 166 g/mol. The summed E-state index contributed by atoms with van der Waals surface area (Å²) in [6.07, 6.45) is 2.46. The molecule has 0 fully saturated rings. The number of H-pyrrole nitrogens is 1. The number of nitrogens with zero attached hydrogens (tertiary/aromatic N) is 1. The van der Waals surface area contributed by atoms with Crippen molar-refractivity contribution >= 4 is 5.91 Å². The fraction of sp³-hybridized carbons (Fsp3) is 0.556. The Morgan fingerprint density at radius 1 is 1.69 bits per heavy atom. The van der Waals surface area contributed by atoms with Gasteiger partial charge >= 0.3 is 0 Å². The Morgan fingerprint density at radius 3 is 2.85 bits per heavy atom. The van der Waals surface area contributed by atoms with Crippen LogP contribution >= 0.6 is 0 Å². The summed E-state index contributed by atoms with van der Waals surface area (Å²) < 4.78 is 0.